The predicted molar refractivity (Wildman–Crippen MR) is 50.2 cm³/mol. The molecule has 0 aliphatic heterocycles. The molecule has 0 atom stereocenters. The summed E-state index contributed by atoms with van der Waals surface area (Å²) in [5.41, 5.74) is 0. The Balaban J connectivity index is 2.15. The number of furan rings is 1. The van der Waals surface area contributed by atoms with E-state index in [0.29, 0.717) is 15.0 Å². The molecule has 1 aromatic carbocycles. The van der Waals surface area contributed by atoms with E-state index in [4.69, 9.17) is 4.42 Å². The van der Waals surface area contributed by atoms with Crippen molar-refractivity contribution in [3.63, 3.8) is 0 Å². The number of hydrogen-bond acceptors (Lipinski definition) is 1. The van der Waals surface area contributed by atoms with E-state index in [2.05, 4.69) is 24.3 Å². The van der Waals surface area contributed by atoms with E-state index < -0.39 is 0 Å². The Labute approximate surface area is 77.6 Å². The van der Waals surface area contributed by atoms with Gasteiger partial charge in [0.25, 0.3) is 0 Å². The first-order valence-electron chi connectivity index (χ1n) is 3.71. The van der Waals surface area contributed by atoms with Crippen LogP contribution in [0.5, 0.6) is 0 Å². The second kappa shape index (κ2) is 3.61. The van der Waals surface area contributed by atoms with Crippen LogP contribution in [-0.4, -0.2) is 15.0 Å². The van der Waals surface area contributed by atoms with Crippen LogP contribution in [0, 0.1) is 0 Å². The SMILES string of the molecule is c1ccc([Se]c2ccco2)cc1. The first kappa shape index (κ1) is 7.66. The van der Waals surface area contributed by atoms with Crippen molar-refractivity contribution >= 4 is 24.1 Å². The van der Waals surface area contributed by atoms with Gasteiger partial charge in [0.15, 0.2) is 0 Å². The summed E-state index contributed by atoms with van der Waals surface area (Å²) in [5, 5.41) is 0. The molecule has 0 N–H and O–H groups in total. The van der Waals surface area contributed by atoms with E-state index in [0.717, 1.165) is 4.66 Å². The molecule has 1 nitrogen and oxygen atoms in total. The van der Waals surface area contributed by atoms with Crippen LogP contribution >= 0.6 is 0 Å². The van der Waals surface area contributed by atoms with Crippen molar-refractivity contribution in [1.82, 2.24) is 0 Å². The molecule has 0 unspecified atom stereocenters. The van der Waals surface area contributed by atoms with Crippen molar-refractivity contribution in [1.29, 1.82) is 0 Å². The van der Waals surface area contributed by atoms with E-state index >= 15 is 0 Å². The third kappa shape index (κ3) is 1.79. The second-order valence-electron chi connectivity index (χ2n) is 2.35. The second-order valence-corrected chi connectivity index (χ2v) is 4.61. The Kier molecular flexibility index (Phi) is 2.31. The molecule has 0 fully saturated rings. The number of hydrogen-bond donors (Lipinski definition) is 0. The molecule has 1 aromatic heterocycles. The molecule has 0 amide bonds. The zero-order chi connectivity index (χ0) is 8.23. The van der Waals surface area contributed by atoms with Gasteiger partial charge in [-0.1, -0.05) is 0 Å². The van der Waals surface area contributed by atoms with Crippen LogP contribution in [0.25, 0.3) is 0 Å². The standard InChI is InChI=1S/C10H8OSe/c1-2-5-9(6-3-1)12-10-7-4-8-11-10/h1-8H. The van der Waals surface area contributed by atoms with Crippen LogP contribution in [0.4, 0.5) is 0 Å². The van der Waals surface area contributed by atoms with Crippen LogP contribution in [0.15, 0.2) is 53.1 Å². The van der Waals surface area contributed by atoms with Crippen molar-refractivity contribution in [3.8, 4) is 0 Å². The summed E-state index contributed by atoms with van der Waals surface area (Å²) in [4.78, 5) is 0. The predicted octanol–water partition coefficient (Wildman–Crippen LogP) is 0.935. The average Bonchev–Trinajstić information content (AvgIpc) is 2.59. The minimum absolute atomic E-state index is 0.324. The van der Waals surface area contributed by atoms with Gasteiger partial charge in [0.05, 0.1) is 0 Å². The van der Waals surface area contributed by atoms with Gasteiger partial charge >= 0.3 is 77.2 Å². The summed E-state index contributed by atoms with van der Waals surface area (Å²) in [6.45, 7) is 0. The first-order valence-corrected chi connectivity index (χ1v) is 5.43. The van der Waals surface area contributed by atoms with Gasteiger partial charge in [-0.25, -0.2) is 0 Å². The van der Waals surface area contributed by atoms with Gasteiger partial charge in [-0.15, -0.1) is 0 Å². The quantitative estimate of drug-likeness (QED) is 0.690. The fraction of sp³-hybridized carbons (Fsp3) is 0. The van der Waals surface area contributed by atoms with Gasteiger partial charge in [0.2, 0.25) is 0 Å². The van der Waals surface area contributed by atoms with Gasteiger partial charge in [0.1, 0.15) is 0 Å². The minimum atomic E-state index is 0.324. The van der Waals surface area contributed by atoms with E-state index in [-0.39, 0.29) is 0 Å². The van der Waals surface area contributed by atoms with E-state index in [1.54, 1.807) is 6.26 Å². The van der Waals surface area contributed by atoms with E-state index in [9.17, 15) is 0 Å². The molecule has 0 bridgehead atoms. The Morgan fingerprint density at radius 1 is 0.917 bits per heavy atom. The van der Waals surface area contributed by atoms with Gasteiger partial charge in [-0.3, -0.25) is 0 Å². The zero-order valence-electron chi connectivity index (χ0n) is 6.44. The van der Waals surface area contributed by atoms with Crippen LogP contribution in [-0.2, 0) is 0 Å². The Hall–Kier alpha value is -0.981. The van der Waals surface area contributed by atoms with Crippen molar-refractivity contribution in [2.24, 2.45) is 0 Å². The molecular formula is C10H8OSe. The van der Waals surface area contributed by atoms with Gasteiger partial charge in [-0.05, 0) is 0 Å². The summed E-state index contributed by atoms with van der Waals surface area (Å²) < 4.78 is 7.69. The van der Waals surface area contributed by atoms with Gasteiger partial charge in [-0.2, -0.15) is 0 Å². The number of rotatable bonds is 2. The monoisotopic (exact) mass is 224 g/mol. The molecule has 0 aliphatic rings. The van der Waals surface area contributed by atoms with Crippen LogP contribution in [0.2, 0.25) is 0 Å². The van der Waals surface area contributed by atoms with Crippen molar-refractivity contribution < 1.29 is 4.42 Å². The molecule has 60 valence electrons. The summed E-state index contributed by atoms with van der Waals surface area (Å²) in [6.07, 6.45) is 1.72. The fourth-order valence-corrected chi connectivity index (χ4v) is 2.55. The molecule has 0 radical (unpaired) electrons. The molecule has 1 heterocycles. The topological polar surface area (TPSA) is 13.1 Å². The summed E-state index contributed by atoms with van der Waals surface area (Å²) >= 11 is 0.324. The summed E-state index contributed by atoms with van der Waals surface area (Å²) in [5.74, 6) is 0. The maximum atomic E-state index is 5.27. The Bertz CT molecular complexity index is 326. The van der Waals surface area contributed by atoms with Crippen LogP contribution < -0.4 is 9.12 Å². The third-order valence-electron chi connectivity index (χ3n) is 1.46. The molecule has 0 saturated carbocycles. The molecule has 2 rings (SSSR count). The Morgan fingerprint density at radius 3 is 2.42 bits per heavy atom. The third-order valence-corrected chi connectivity index (χ3v) is 3.43. The van der Waals surface area contributed by atoms with Crippen LogP contribution in [0.3, 0.4) is 0 Å². The fourth-order valence-electron chi connectivity index (χ4n) is 0.926. The Morgan fingerprint density at radius 2 is 1.75 bits per heavy atom. The van der Waals surface area contributed by atoms with E-state index in [1.807, 2.05) is 18.2 Å². The molecular weight excluding hydrogens is 215 g/mol. The van der Waals surface area contributed by atoms with Crippen molar-refractivity contribution in [2.75, 3.05) is 0 Å². The molecule has 0 saturated heterocycles. The maximum absolute atomic E-state index is 5.27. The normalized spacial score (nSPS) is 10.0. The van der Waals surface area contributed by atoms with E-state index in [1.165, 1.54) is 4.46 Å². The van der Waals surface area contributed by atoms with Crippen molar-refractivity contribution in [2.45, 2.75) is 0 Å². The zero-order valence-corrected chi connectivity index (χ0v) is 8.15. The molecule has 0 aliphatic carbocycles. The van der Waals surface area contributed by atoms with Gasteiger partial charge in [0, 0.05) is 0 Å². The number of benzene rings is 1. The molecule has 12 heavy (non-hydrogen) atoms. The van der Waals surface area contributed by atoms with Gasteiger partial charge < -0.3 is 0 Å². The first-order chi connectivity index (χ1) is 5.95. The van der Waals surface area contributed by atoms with Crippen molar-refractivity contribution in [3.05, 3.63) is 48.7 Å². The molecule has 2 heteroatoms. The van der Waals surface area contributed by atoms with Crippen LogP contribution in [0.1, 0.15) is 0 Å². The summed E-state index contributed by atoms with van der Waals surface area (Å²) in [6, 6.07) is 14.3. The molecule has 2 aromatic rings. The average molecular weight is 223 g/mol. The summed E-state index contributed by atoms with van der Waals surface area (Å²) in [7, 11) is 0. The molecule has 0 spiro atoms.